The van der Waals surface area contributed by atoms with Crippen LogP contribution in [0.4, 0.5) is 0 Å². The summed E-state index contributed by atoms with van der Waals surface area (Å²) >= 11 is 0. The highest BCUT2D eigenvalue weighted by atomic mass is 16.7. The minimum absolute atomic E-state index is 0.233. The fraction of sp³-hybridized carbons (Fsp3) is 0.294. The van der Waals surface area contributed by atoms with Gasteiger partial charge in [0.2, 0.25) is 0 Å². The van der Waals surface area contributed by atoms with Gasteiger partial charge in [0, 0.05) is 18.3 Å². The summed E-state index contributed by atoms with van der Waals surface area (Å²) in [5, 5.41) is 4.80. The van der Waals surface area contributed by atoms with Gasteiger partial charge < -0.3 is 4.84 Å². The van der Waals surface area contributed by atoms with Gasteiger partial charge in [-0.05, 0) is 32.9 Å². The van der Waals surface area contributed by atoms with Crippen LogP contribution in [-0.2, 0) is 16.7 Å². The number of carbonyl (C=O) groups excluding carboxylic acids is 3. The molecule has 0 radical (unpaired) electrons. The van der Waals surface area contributed by atoms with Crippen molar-refractivity contribution in [3.63, 3.8) is 0 Å². The number of benzene rings is 1. The van der Waals surface area contributed by atoms with Crippen molar-refractivity contribution in [3.05, 3.63) is 52.3 Å². The summed E-state index contributed by atoms with van der Waals surface area (Å²) in [6.45, 7) is 5.31. The molecular weight excluding hydrogens is 310 g/mol. The highest BCUT2D eigenvalue weighted by Crippen LogP contribution is 2.27. The van der Waals surface area contributed by atoms with E-state index in [0.29, 0.717) is 10.8 Å². The van der Waals surface area contributed by atoms with Gasteiger partial charge in [0.15, 0.2) is 0 Å². The predicted molar refractivity (Wildman–Crippen MR) is 84.1 cm³/mol. The number of aromatic nitrogens is 2. The first-order valence-electron chi connectivity index (χ1n) is 7.52. The maximum Gasteiger partial charge on any atom is 0.340 e. The predicted octanol–water partition coefficient (Wildman–Crippen LogP) is 1.89. The van der Waals surface area contributed by atoms with Gasteiger partial charge in [0.25, 0.3) is 11.8 Å². The molecule has 0 saturated heterocycles. The Morgan fingerprint density at radius 3 is 2.12 bits per heavy atom. The van der Waals surface area contributed by atoms with Crippen molar-refractivity contribution in [2.75, 3.05) is 0 Å². The van der Waals surface area contributed by atoms with Crippen molar-refractivity contribution in [3.8, 4) is 0 Å². The molecule has 1 unspecified atom stereocenters. The number of amides is 2. The molecule has 0 spiro atoms. The minimum atomic E-state index is -0.677. The molecule has 7 nitrogen and oxygen atoms in total. The Morgan fingerprint density at radius 2 is 1.67 bits per heavy atom. The van der Waals surface area contributed by atoms with E-state index in [1.165, 1.54) is 12.1 Å². The van der Waals surface area contributed by atoms with Crippen LogP contribution in [0.5, 0.6) is 0 Å². The Bertz CT molecular complexity index is 834. The maximum atomic E-state index is 12.4. The lowest BCUT2D eigenvalue weighted by molar-refractivity contribution is -0.170. The lowest BCUT2D eigenvalue weighted by Gasteiger charge is -2.16. The van der Waals surface area contributed by atoms with Crippen molar-refractivity contribution in [2.45, 2.75) is 26.7 Å². The van der Waals surface area contributed by atoms with E-state index in [4.69, 9.17) is 4.84 Å². The van der Waals surface area contributed by atoms with Crippen LogP contribution >= 0.6 is 0 Å². The zero-order valence-electron chi connectivity index (χ0n) is 13.9. The van der Waals surface area contributed by atoms with Crippen LogP contribution < -0.4 is 0 Å². The number of aryl methyl sites for hydroxylation is 2. The van der Waals surface area contributed by atoms with Gasteiger partial charge in [0.1, 0.15) is 0 Å². The Balaban J connectivity index is 1.83. The van der Waals surface area contributed by atoms with E-state index >= 15 is 0 Å². The average Bonchev–Trinajstić information content (AvgIpc) is 2.95. The van der Waals surface area contributed by atoms with Crippen molar-refractivity contribution >= 4 is 17.8 Å². The summed E-state index contributed by atoms with van der Waals surface area (Å²) in [7, 11) is 1.79. The van der Waals surface area contributed by atoms with Crippen LogP contribution in [0.1, 0.15) is 50.5 Å². The van der Waals surface area contributed by atoms with E-state index in [9.17, 15) is 14.4 Å². The summed E-state index contributed by atoms with van der Waals surface area (Å²) in [5.74, 6) is -2.58. The molecule has 124 valence electrons. The number of hydrogen-bond donors (Lipinski definition) is 0. The number of hydroxylamine groups is 2. The first-order chi connectivity index (χ1) is 11.3. The van der Waals surface area contributed by atoms with E-state index in [0.717, 1.165) is 11.3 Å². The third-order valence-electron chi connectivity index (χ3n) is 4.29. The highest BCUT2D eigenvalue weighted by Gasteiger charge is 2.39. The monoisotopic (exact) mass is 327 g/mol. The fourth-order valence-corrected chi connectivity index (χ4v) is 2.95. The summed E-state index contributed by atoms with van der Waals surface area (Å²) < 4.78 is 1.68. The Morgan fingerprint density at radius 1 is 1.12 bits per heavy atom. The molecular formula is C17H17N3O4. The summed E-state index contributed by atoms with van der Waals surface area (Å²) in [4.78, 5) is 42.1. The summed E-state index contributed by atoms with van der Waals surface area (Å²) in [6, 6.07) is 6.37. The SMILES string of the molecule is Cc1nn(C)c(C)c1C(C)C(=O)ON1C(=O)c2ccccc2C1=O. The van der Waals surface area contributed by atoms with Crippen molar-refractivity contribution < 1.29 is 19.2 Å². The topological polar surface area (TPSA) is 81.5 Å². The molecule has 2 aromatic rings. The fourth-order valence-electron chi connectivity index (χ4n) is 2.95. The van der Waals surface area contributed by atoms with Crippen LogP contribution in [0.2, 0.25) is 0 Å². The quantitative estimate of drug-likeness (QED) is 0.804. The van der Waals surface area contributed by atoms with E-state index < -0.39 is 23.7 Å². The molecule has 0 N–H and O–H groups in total. The zero-order chi connectivity index (χ0) is 17.6. The van der Waals surface area contributed by atoms with Gasteiger partial charge in [-0.25, -0.2) is 4.79 Å². The van der Waals surface area contributed by atoms with Gasteiger partial charge in [0.05, 0.1) is 22.7 Å². The molecule has 0 aliphatic carbocycles. The second-order valence-corrected chi connectivity index (χ2v) is 5.79. The average molecular weight is 327 g/mol. The molecule has 3 rings (SSSR count). The molecule has 1 aromatic carbocycles. The third kappa shape index (κ3) is 2.29. The number of hydrogen-bond acceptors (Lipinski definition) is 5. The molecule has 1 aliphatic rings. The number of nitrogens with zero attached hydrogens (tertiary/aromatic N) is 3. The zero-order valence-corrected chi connectivity index (χ0v) is 13.9. The smallest absolute Gasteiger partial charge is 0.329 e. The minimum Gasteiger partial charge on any atom is -0.329 e. The first kappa shape index (κ1) is 15.9. The molecule has 0 bridgehead atoms. The van der Waals surface area contributed by atoms with Gasteiger partial charge in [-0.3, -0.25) is 14.3 Å². The molecule has 24 heavy (non-hydrogen) atoms. The van der Waals surface area contributed by atoms with Crippen molar-refractivity contribution in [2.24, 2.45) is 7.05 Å². The number of imide groups is 1. The van der Waals surface area contributed by atoms with E-state index in [-0.39, 0.29) is 11.1 Å². The van der Waals surface area contributed by atoms with Crippen LogP contribution in [-0.4, -0.2) is 32.6 Å². The van der Waals surface area contributed by atoms with Crippen LogP contribution in [0, 0.1) is 13.8 Å². The number of carbonyl (C=O) groups is 3. The standard InChI is InChI=1S/C17H17N3O4/c1-9(14-10(2)18-19(4)11(14)3)17(23)24-20-15(21)12-7-5-6-8-13(12)16(20)22/h5-9H,1-4H3. The largest absolute Gasteiger partial charge is 0.340 e. The molecule has 0 fully saturated rings. The summed E-state index contributed by atoms with van der Waals surface area (Å²) in [6.07, 6.45) is 0. The van der Waals surface area contributed by atoms with Gasteiger partial charge in [-0.2, -0.15) is 5.10 Å². The number of rotatable bonds is 3. The van der Waals surface area contributed by atoms with E-state index in [1.54, 1.807) is 37.7 Å². The van der Waals surface area contributed by atoms with Crippen LogP contribution in [0.25, 0.3) is 0 Å². The van der Waals surface area contributed by atoms with Gasteiger partial charge in [-0.1, -0.05) is 17.2 Å². The van der Waals surface area contributed by atoms with E-state index in [1.807, 2.05) is 6.92 Å². The Labute approximate surface area is 138 Å². The summed E-state index contributed by atoms with van der Waals surface area (Å²) in [5.41, 5.74) is 2.74. The molecule has 2 heterocycles. The lowest BCUT2D eigenvalue weighted by Crippen LogP contribution is -2.34. The Kier molecular flexibility index (Phi) is 3.71. The number of fused-ring (bicyclic) bond motifs is 1. The van der Waals surface area contributed by atoms with Crippen molar-refractivity contribution in [1.82, 2.24) is 14.8 Å². The normalized spacial score (nSPS) is 14.8. The van der Waals surface area contributed by atoms with Crippen LogP contribution in [0.15, 0.2) is 24.3 Å². The second-order valence-electron chi connectivity index (χ2n) is 5.79. The Hall–Kier alpha value is -2.96. The van der Waals surface area contributed by atoms with Gasteiger partial charge >= 0.3 is 5.97 Å². The molecule has 1 aromatic heterocycles. The molecule has 1 atom stereocenters. The van der Waals surface area contributed by atoms with E-state index in [2.05, 4.69) is 5.10 Å². The molecule has 0 saturated carbocycles. The molecule has 2 amide bonds. The second kappa shape index (κ2) is 5.59. The van der Waals surface area contributed by atoms with Crippen molar-refractivity contribution in [1.29, 1.82) is 0 Å². The first-order valence-corrected chi connectivity index (χ1v) is 7.52. The molecule has 7 heteroatoms. The van der Waals surface area contributed by atoms with Gasteiger partial charge in [-0.15, -0.1) is 0 Å². The molecule has 1 aliphatic heterocycles. The van der Waals surface area contributed by atoms with Crippen LogP contribution in [0.3, 0.4) is 0 Å². The maximum absolute atomic E-state index is 12.4. The third-order valence-corrected chi connectivity index (χ3v) is 4.29. The highest BCUT2D eigenvalue weighted by molar-refractivity contribution is 6.20. The lowest BCUT2D eigenvalue weighted by atomic mass is 9.99.